The molecule has 0 atom stereocenters. The molecule has 3 rings (SSSR count). The van der Waals surface area contributed by atoms with Gasteiger partial charge in [-0.15, -0.1) is 0 Å². The highest BCUT2D eigenvalue weighted by atomic mass is 16.5. The topological polar surface area (TPSA) is 65.7 Å². The Morgan fingerprint density at radius 2 is 1.75 bits per heavy atom. The van der Waals surface area contributed by atoms with Crippen LogP contribution in [0.15, 0.2) is 53.1 Å². The van der Waals surface area contributed by atoms with Gasteiger partial charge < -0.3 is 13.9 Å². The Morgan fingerprint density at radius 3 is 2.39 bits per heavy atom. The van der Waals surface area contributed by atoms with Crippen LogP contribution >= 0.6 is 0 Å². The van der Waals surface area contributed by atoms with E-state index in [0.29, 0.717) is 22.5 Å². The molecule has 0 saturated heterocycles. The van der Waals surface area contributed by atoms with Crippen molar-refractivity contribution in [3.05, 3.63) is 65.4 Å². The number of rotatable bonds is 6. The molecule has 5 heteroatoms. The van der Waals surface area contributed by atoms with E-state index < -0.39 is 5.97 Å². The SMILES string of the molecule is COc1ccc2c(CC(=O)OCC(=O)c3ccc(C(C)(C)C)cc3)coc2c1. The van der Waals surface area contributed by atoms with Gasteiger partial charge in [0, 0.05) is 22.6 Å². The number of fused-ring (bicyclic) bond motifs is 1. The maximum atomic E-state index is 12.3. The lowest BCUT2D eigenvalue weighted by molar-refractivity contribution is -0.141. The first-order chi connectivity index (χ1) is 13.3. The Balaban J connectivity index is 1.59. The van der Waals surface area contributed by atoms with Crippen LogP contribution in [0.4, 0.5) is 0 Å². The molecule has 0 saturated carbocycles. The molecule has 146 valence electrons. The average Bonchev–Trinajstić information content (AvgIpc) is 3.07. The zero-order chi connectivity index (χ0) is 20.3. The zero-order valence-electron chi connectivity index (χ0n) is 16.6. The van der Waals surface area contributed by atoms with Crippen LogP contribution in [0, 0.1) is 0 Å². The van der Waals surface area contributed by atoms with E-state index >= 15 is 0 Å². The first kappa shape index (κ1) is 19.7. The van der Waals surface area contributed by atoms with Gasteiger partial charge in [0.25, 0.3) is 0 Å². The Bertz CT molecular complexity index is 990. The maximum Gasteiger partial charge on any atom is 0.310 e. The van der Waals surface area contributed by atoms with E-state index in [1.54, 1.807) is 31.4 Å². The van der Waals surface area contributed by atoms with Crippen molar-refractivity contribution in [3.8, 4) is 5.75 Å². The van der Waals surface area contributed by atoms with Crippen LogP contribution in [-0.2, 0) is 21.4 Å². The summed E-state index contributed by atoms with van der Waals surface area (Å²) >= 11 is 0. The predicted octanol–water partition coefficient (Wildman–Crippen LogP) is 4.71. The van der Waals surface area contributed by atoms with E-state index in [1.807, 2.05) is 18.2 Å². The molecular weight excluding hydrogens is 356 g/mol. The van der Waals surface area contributed by atoms with Gasteiger partial charge in [0.05, 0.1) is 19.8 Å². The number of ketones is 1. The second kappa shape index (κ2) is 7.89. The van der Waals surface area contributed by atoms with Crippen LogP contribution in [0.5, 0.6) is 5.75 Å². The number of Topliss-reactive ketones (excluding diaryl/α,β-unsaturated/α-hetero) is 1. The molecule has 1 heterocycles. The third-order valence-corrected chi connectivity index (χ3v) is 4.63. The van der Waals surface area contributed by atoms with Crippen molar-refractivity contribution in [2.45, 2.75) is 32.6 Å². The molecule has 1 aromatic heterocycles. The van der Waals surface area contributed by atoms with Crippen LogP contribution in [-0.4, -0.2) is 25.5 Å². The summed E-state index contributed by atoms with van der Waals surface area (Å²) in [5.41, 5.74) is 3.04. The molecule has 28 heavy (non-hydrogen) atoms. The number of ether oxygens (including phenoxy) is 2. The van der Waals surface area contributed by atoms with Crippen molar-refractivity contribution in [1.82, 2.24) is 0 Å². The molecule has 0 N–H and O–H groups in total. The van der Waals surface area contributed by atoms with Gasteiger partial charge in [-0.3, -0.25) is 9.59 Å². The predicted molar refractivity (Wildman–Crippen MR) is 107 cm³/mol. The molecule has 0 aliphatic carbocycles. The zero-order valence-corrected chi connectivity index (χ0v) is 16.6. The largest absolute Gasteiger partial charge is 0.497 e. The van der Waals surface area contributed by atoms with E-state index in [1.165, 1.54) is 6.26 Å². The summed E-state index contributed by atoms with van der Waals surface area (Å²) < 4.78 is 15.8. The van der Waals surface area contributed by atoms with E-state index in [9.17, 15) is 9.59 Å². The van der Waals surface area contributed by atoms with Gasteiger partial charge in [0.15, 0.2) is 12.4 Å². The highest BCUT2D eigenvalue weighted by Crippen LogP contribution is 2.26. The number of carbonyl (C=O) groups excluding carboxylic acids is 2. The molecule has 0 aliphatic heterocycles. The van der Waals surface area contributed by atoms with Gasteiger partial charge in [0.1, 0.15) is 11.3 Å². The summed E-state index contributed by atoms with van der Waals surface area (Å²) in [6.07, 6.45) is 1.56. The Labute approximate surface area is 164 Å². The molecule has 3 aromatic rings. The summed E-state index contributed by atoms with van der Waals surface area (Å²) in [6.45, 7) is 6.06. The first-order valence-electron chi connectivity index (χ1n) is 9.11. The summed E-state index contributed by atoms with van der Waals surface area (Å²) in [7, 11) is 1.58. The van der Waals surface area contributed by atoms with Crippen molar-refractivity contribution in [1.29, 1.82) is 0 Å². The van der Waals surface area contributed by atoms with Crippen molar-refractivity contribution in [2.75, 3.05) is 13.7 Å². The van der Waals surface area contributed by atoms with E-state index in [0.717, 1.165) is 10.9 Å². The fourth-order valence-corrected chi connectivity index (χ4v) is 2.92. The molecule has 0 spiro atoms. The summed E-state index contributed by atoms with van der Waals surface area (Å²) in [6, 6.07) is 12.8. The number of methoxy groups -OCH3 is 1. The summed E-state index contributed by atoms with van der Waals surface area (Å²) in [4.78, 5) is 24.4. The average molecular weight is 380 g/mol. The lowest BCUT2D eigenvalue weighted by Gasteiger charge is -2.18. The van der Waals surface area contributed by atoms with Crippen LogP contribution < -0.4 is 4.74 Å². The van der Waals surface area contributed by atoms with Gasteiger partial charge in [-0.1, -0.05) is 45.0 Å². The van der Waals surface area contributed by atoms with Gasteiger partial charge in [-0.25, -0.2) is 0 Å². The fourth-order valence-electron chi connectivity index (χ4n) is 2.92. The molecule has 0 fully saturated rings. The molecule has 2 aromatic carbocycles. The van der Waals surface area contributed by atoms with E-state index in [4.69, 9.17) is 13.9 Å². The number of benzene rings is 2. The van der Waals surface area contributed by atoms with Crippen molar-refractivity contribution in [3.63, 3.8) is 0 Å². The van der Waals surface area contributed by atoms with E-state index in [2.05, 4.69) is 20.8 Å². The number of hydrogen-bond donors (Lipinski definition) is 0. The smallest absolute Gasteiger partial charge is 0.310 e. The third kappa shape index (κ3) is 4.42. The standard InChI is InChI=1S/C23H24O5/c1-23(2,3)17-7-5-15(6-8-17)20(24)14-28-22(25)11-16-13-27-21-12-18(26-4)9-10-19(16)21/h5-10,12-13H,11,14H2,1-4H3. The maximum absolute atomic E-state index is 12.3. The molecule has 0 aliphatic rings. The molecule has 0 radical (unpaired) electrons. The molecule has 0 amide bonds. The second-order valence-electron chi connectivity index (χ2n) is 7.71. The quantitative estimate of drug-likeness (QED) is 0.458. The van der Waals surface area contributed by atoms with Gasteiger partial charge >= 0.3 is 5.97 Å². The number of esters is 1. The van der Waals surface area contributed by atoms with Crippen molar-refractivity contribution in [2.24, 2.45) is 0 Å². The van der Waals surface area contributed by atoms with E-state index in [-0.39, 0.29) is 24.2 Å². The van der Waals surface area contributed by atoms with Crippen LogP contribution in [0.2, 0.25) is 0 Å². The normalized spacial score (nSPS) is 11.4. The summed E-state index contributed by atoms with van der Waals surface area (Å²) in [5, 5.41) is 0.821. The monoisotopic (exact) mass is 380 g/mol. The minimum atomic E-state index is -0.474. The molecule has 5 nitrogen and oxygen atoms in total. The lowest BCUT2D eigenvalue weighted by atomic mass is 9.86. The number of hydrogen-bond acceptors (Lipinski definition) is 5. The first-order valence-corrected chi connectivity index (χ1v) is 9.11. The van der Waals surface area contributed by atoms with Gasteiger partial charge in [-0.2, -0.15) is 0 Å². The Kier molecular flexibility index (Phi) is 5.54. The molecular formula is C23H24O5. The number of carbonyl (C=O) groups is 2. The van der Waals surface area contributed by atoms with Crippen LogP contribution in [0.25, 0.3) is 11.0 Å². The number of furan rings is 1. The minimum Gasteiger partial charge on any atom is -0.497 e. The second-order valence-corrected chi connectivity index (χ2v) is 7.71. The van der Waals surface area contributed by atoms with Gasteiger partial charge in [-0.05, 0) is 23.1 Å². The van der Waals surface area contributed by atoms with Crippen LogP contribution in [0.1, 0.15) is 42.3 Å². The van der Waals surface area contributed by atoms with Crippen molar-refractivity contribution < 1.29 is 23.5 Å². The molecule has 0 bridgehead atoms. The Hall–Kier alpha value is -3.08. The minimum absolute atomic E-state index is 0.0193. The van der Waals surface area contributed by atoms with Crippen LogP contribution in [0.3, 0.4) is 0 Å². The summed E-state index contributed by atoms with van der Waals surface area (Å²) in [5.74, 6) is -0.0205. The third-order valence-electron chi connectivity index (χ3n) is 4.63. The van der Waals surface area contributed by atoms with Crippen molar-refractivity contribution >= 4 is 22.7 Å². The highest BCUT2D eigenvalue weighted by Gasteiger charge is 2.16. The molecule has 0 unspecified atom stereocenters. The highest BCUT2D eigenvalue weighted by molar-refractivity contribution is 5.98. The van der Waals surface area contributed by atoms with Gasteiger partial charge in [0.2, 0.25) is 0 Å². The fraction of sp³-hybridized carbons (Fsp3) is 0.304. The lowest BCUT2D eigenvalue weighted by Crippen LogP contribution is -2.16. The Morgan fingerprint density at radius 1 is 1.04 bits per heavy atom.